The van der Waals surface area contributed by atoms with Crippen molar-refractivity contribution in [2.75, 3.05) is 5.32 Å². The fourth-order valence-electron chi connectivity index (χ4n) is 2.20. The minimum atomic E-state index is 0.891. The van der Waals surface area contributed by atoms with Crippen LogP contribution in [0.2, 0.25) is 0 Å². The Labute approximate surface area is 110 Å². The van der Waals surface area contributed by atoms with Gasteiger partial charge in [0, 0.05) is 12.2 Å². The summed E-state index contributed by atoms with van der Waals surface area (Å²) in [6.45, 7) is 5.24. The molecule has 0 amide bonds. The molecule has 0 aliphatic heterocycles. The second kappa shape index (κ2) is 6.25. The van der Waals surface area contributed by atoms with E-state index in [1.165, 1.54) is 28.8 Å². The molecule has 2 aromatic rings. The van der Waals surface area contributed by atoms with Crippen LogP contribution in [0.15, 0.2) is 48.5 Å². The molecule has 2 aromatic carbocycles. The van der Waals surface area contributed by atoms with Crippen molar-refractivity contribution in [3.63, 3.8) is 0 Å². The highest BCUT2D eigenvalue weighted by Gasteiger charge is 2.00. The van der Waals surface area contributed by atoms with E-state index >= 15 is 0 Å². The van der Waals surface area contributed by atoms with Crippen LogP contribution in [-0.4, -0.2) is 0 Å². The van der Waals surface area contributed by atoms with Crippen LogP contribution in [0.25, 0.3) is 0 Å². The van der Waals surface area contributed by atoms with Gasteiger partial charge in [0.1, 0.15) is 0 Å². The molecule has 0 spiro atoms. The number of hydrogen-bond donors (Lipinski definition) is 1. The first-order valence-corrected chi connectivity index (χ1v) is 6.67. The summed E-state index contributed by atoms with van der Waals surface area (Å²) >= 11 is 0. The van der Waals surface area contributed by atoms with Gasteiger partial charge in [0.25, 0.3) is 0 Å². The van der Waals surface area contributed by atoms with Crippen molar-refractivity contribution >= 4 is 5.69 Å². The van der Waals surface area contributed by atoms with Gasteiger partial charge >= 0.3 is 0 Å². The second-order valence-corrected chi connectivity index (χ2v) is 4.75. The second-order valence-electron chi connectivity index (χ2n) is 4.75. The van der Waals surface area contributed by atoms with Crippen molar-refractivity contribution in [3.05, 3.63) is 65.2 Å². The van der Waals surface area contributed by atoms with E-state index in [4.69, 9.17) is 0 Å². The van der Waals surface area contributed by atoms with Crippen LogP contribution in [0.3, 0.4) is 0 Å². The maximum atomic E-state index is 3.54. The van der Waals surface area contributed by atoms with E-state index in [0.717, 1.165) is 13.0 Å². The molecular formula is C17H21N. The predicted molar refractivity (Wildman–Crippen MR) is 78.9 cm³/mol. The Hall–Kier alpha value is -1.76. The van der Waals surface area contributed by atoms with E-state index in [2.05, 4.69) is 67.7 Å². The maximum absolute atomic E-state index is 3.54. The molecule has 0 atom stereocenters. The van der Waals surface area contributed by atoms with Crippen LogP contribution in [0, 0.1) is 6.92 Å². The maximum Gasteiger partial charge on any atom is 0.0400 e. The molecule has 0 aromatic heterocycles. The summed E-state index contributed by atoms with van der Waals surface area (Å²) in [5.74, 6) is 0. The molecule has 0 unspecified atom stereocenters. The lowest BCUT2D eigenvalue weighted by Gasteiger charge is -2.11. The van der Waals surface area contributed by atoms with Crippen molar-refractivity contribution in [1.82, 2.24) is 0 Å². The Kier molecular flexibility index (Phi) is 4.40. The van der Waals surface area contributed by atoms with E-state index in [1.54, 1.807) is 0 Å². The normalized spacial score (nSPS) is 10.3. The summed E-state index contributed by atoms with van der Waals surface area (Å²) in [6.07, 6.45) is 2.32. The summed E-state index contributed by atoms with van der Waals surface area (Å²) in [6, 6.07) is 17.2. The Bertz CT molecular complexity index is 502. The zero-order valence-electron chi connectivity index (χ0n) is 11.2. The molecule has 0 aliphatic carbocycles. The van der Waals surface area contributed by atoms with Crippen molar-refractivity contribution in [2.24, 2.45) is 0 Å². The van der Waals surface area contributed by atoms with Gasteiger partial charge in [0.05, 0.1) is 0 Å². The van der Waals surface area contributed by atoms with Crippen molar-refractivity contribution in [3.8, 4) is 0 Å². The highest BCUT2D eigenvalue weighted by atomic mass is 14.9. The molecular weight excluding hydrogens is 218 g/mol. The molecule has 94 valence electrons. The third kappa shape index (κ3) is 3.36. The van der Waals surface area contributed by atoms with Crippen LogP contribution in [0.5, 0.6) is 0 Å². The monoisotopic (exact) mass is 239 g/mol. The molecule has 1 heteroatoms. The zero-order valence-corrected chi connectivity index (χ0v) is 11.2. The van der Waals surface area contributed by atoms with Gasteiger partial charge in [-0.1, -0.05) is 61.4 Å². The molecule has 0 bridgehead atoms. The average molecular weight is 239 g/mol. The van der Waals surface area contributed by atoms with E-state index in [1.807, 2.05) is 0 Å². The van der Waals surface area contributed by atoms with Gasteiger partial charge < -0.3 is 5.32 Å². The summed E-state index contributed by atoms with van der Waals surface area (Å²) in [7, 11) is 0. The van der Waals surface area contributed by atoms with Crippen molar-refractivity contribution in [2.45, 2.75) is 33.2 Å². The van der Waals surface area contributed by atoms with Crippen molar-refractivity contribution < 1.29 is 0 Å². The summed E-state index contributed by atoms with van der Waals surface area (Å²) in [4.78, 5) is 0. The summed E-state index contributed by atoms with van der Waals surface area (Å²) in [5, 5.41) is 3.54. The first-order chi connectivity index (χ1) is 8.79. The molecule has 0 saturated carbocycles. The molecule has 0 aliphatic rings. The lowest BCUT2D eigenvalue weighted by Crippen LogP contribution is -2.02. The fraction of sp³-hybridized carbons (Fsp3) is 0.294. The summed E-state index contributed by atoms with van der Waals surface area (Å²) in [5.41, 5.74) is 5.32. The average Bonchev–Trinajstić information content (AvgIpc) is 2.38. The lowest BCUT2D eigenvalue weighted by atomic mass is 10.1. The molecule has 18 heavy (non-hydrogen) atoms. The van der Waals surface area contributed by atoms with Gasteiger partial charge in [-0.2, -0.15) is 0 Å². The smallest absolute Gasteiger partial charge is 0.0400 e. The largest absolute Gasteiger partial charge is 0.381 e. The molecule has 0 radical (unpaired) electrons. The zero-order chi connectivity index (χ0) is 12.8. The van der Waals surface area contributed by atoms with Gasteiger partial charge in [-0.25, -0.2) is 0 Å². The Morgan fingerprint density at radius 1 is 1.00 bits per heavy atom. The number of rotatable bonds is 5. The quantitative estimate of drug-likeness (QED) is 0.806. The Morgan fingerprint density at radius 3 is 2.61 bits per heavy atom. The number of anilines is 1. The Morgan fingerprint density at radius 2 is 1.83 bits per heavy atom. The van der Waals surface area contributed by atoms with E-state index in [9.17, 15) is 0 Å². The van der Waals surface area contributed by atoms with Crippen LogP contribution in [0.4, 0.5) is 5.69 Å². The first-order valence-electron chi connectivity index (χ1n) is 6.67. The molecule has 0 heterocycles. The molecule has 1 nitrogen and oxygen atoms in total. The standard InChI is InChI=1S/C17H21N/c1-3-7-16-10-4-5-11-17(16)18-13-15-9-6-8-14(2)12-15/h4-6,8-12,18H,3,7,13H2,1-2H3. The first kappa shape index (κ1) is 12.7. The third-order valence-corrected chi connectivity index (χ3v) is 3.10. The minimum absolute atomic E-state index is 0.891. The van der Waals surface area contributed by atoms with E-state index in [0.29, 0.717) is 0 Å². The van der Waals surface area contributed by atoms with Gasteiger partial charge in [0.15, 0.2) is 0 Å². The lowest BCUT2D eigenvalue weighted by molar-refractivity contribution is 0.919. The van der Waals surface area contributed by atoms with E-state index in [-0.39, 0.29) is 0 Å². The predicted octanol–water partition coefficient (Wildman–Crippen LogP) is 4.56. The van der Waals surface area contributed by atoms with Gasteiger partial charge in [-0.3, -0.25) is 0 Å². The fourth-order valence-corrected chi connectivity index (χ4v) is 2.20. The summed E-state index contributed by atoms with van der Waals surface area (Å²) < 4.78 is 0. The molecule has 2 rings (SSSR count). The number of para-hydroxylation sites is 1. The van der Waals surface area contributed by atoms with Crippen LogP contribution in [0.1, 0.15) is 30.0 Å². The van der Waals surface area contributed by atoms with Gasteiger partial charge in [0.2, 0.25) is 0 Å². The highest BCUT2D eigenvalue weighted by Crippen LogP contribution is 2.18. The number of nitrogens with one attached hydrogen (secondary N) is 1. The molecule has 0 fully saturated rings. The van der Waals surface area contributed by atoms with Gasteiger partial charge in [-0.05, 0) is 30.5 Å². The van der Waals surface area contributed by atoms with Crippen LogP contribution in [-0.2, 0) is 13.0 Å². The number of benzene rings is 2. The van der Waals surface area contributed by atoms with Crippen LogP contribution >= 0.6 is 0 Å². The van der Waals surface area contributed by atoms with Gasteiger partial charge in [-0.15, -0.1) is 0 Å². The topological polar surface area (TPSA) is 12.0 Å². The van der Waals surface area contributed by atoms with E-state index < -0.39 is 0 Å². The molecule has 0 saturated heterocycles. The third-order valence-electron chi connectivity index (χ3n) is 3.10. The minimum Gasteiger partial charge on any atom is -0.381 e. The number of aryl methyl sites for hydroxylation is 2. The Balaban J connectivity index is 2.06. The number of hydrogen-bond acceptors (Lipinski definition) is 1. The van der Waals surface area contributed by atoms with Crippen molar-refractivity contribution in [1.29, 1.82) is 0 Å². The highest BCUT2D eigenvalue weighted by molar-refractivity contribution is 5.51. The van der Waals surface area contributed by atoms with Crippen LogP contribution < -0.4 is 5.32 Å². The molecule has 1 N–H and O–H groups in total. The SMILES string of the molecule is CCCc1ccccc1NCc1cccc(C)c1.